The molecule has 1 amide bonds. The Balaban J connectivity index is 2.19. The second-order valence-electron chi connectivity index (χ2n) is 3.40. The number of amides is 1. The summed E-state index contributed by atoms with van der Waals surface area (Å²) in [6.45, 7) is 0.0501. The quantitative estimate of drug-likeness (QED) is 0.783. The van der Waals surface area contributed by atoms with Gasteiger partial charge >= 0.3 is 0 Å². The van der Waals surface area contributed by atoms with Gasteiger partial charge in [0.15, 0.2) is 6.61 Å². The highest BCUT2D eigenvalue weighted by molar-refractivity contribution is 5.95. The van der Waals surface area contributed by atoms with Crippen molar-refractivity contribution in [1.29, 1.82) is 0 Å². The molecule has 1 N–H and O–H groups in total. The van der Waals surface area contributed by atoms with Crippen LogP contribution in [0.15, 0.2) is 24.3 Å². The molecule has 2 rings (SSSR count). The van der Waals surface area contributed by atoms with Crippen LogP contribution in [-0.4, -0.2) is 18.8 Å². The van der Waals surface area contributed by atoms with E-state index in [9.17, 15) is 9.59 Å². The minimum atomic E-state index is -0.142. The van der Waals surface area contributed by atoms with Gasteiger partial charge in [0.05, 0.1) is 5.69 Å². The summed E-state index contributed by atoms with van der Waals surface area (Å²) in [5.74, 6) is 0.518. The maximum atomic E-state index is 11.0. The lowest BCUT2D eigenvalue weighted by Gasteiger charge is -2.17. The van der Waals surface area contributed by atoms with Crippen molar-refractivity contribution in [3.8, 4) is 5.75 Å². The zero-order chi connectivity index (χ0) is 11.4. The first kappa shape index (κ1) is 10.4. The molecule has 4 heteroatoms. The van der Waals surface area contributed by atoms with E-state index in [-0.39, 0.29) is 12.5 Å². The van der Waals surface area contributed by atoms with Crippen LogP contribution in [0.25, 0.3) is 6.08 Å². The number of aldehydes is 1. The molecule has 1 aliphatic rings. The molecule has 0 spiro atoms. The second-order valence-corrected chi connectivity index (χ2v) is 3.40. The number of ether oxygens (including phenoxy) is 1. The lowest BCUT2D eigenvalue weighted by atomic mass is 10.1. The van der Waals surface area contributed by atoms with Gasteiger partial charge < -0.3 is 14.8 Å². The molecule has 0 aromatic heterocycles. The minimum absolute atomic E-state index is 0.0501. The van der Waals surface area contributed by atoms with Crippen LogP contribution in [0.2, 0.25) is 0 Å². The van der Waals surface area contributed by atoms with Gasteiger partial charge in [-0.2, -0.15) is 0 Å². The molecule has 82 valence electrons. The van der Waals surface area contributed by atoms with Crippen molar-refractivity contribution in [2.24, 2.45) is 0 Å². The number of hydrogen-bond donors (Lipinski definition) is 1. The Morgan fingerprint density at radius 2 is 2.31 bits per heavy atom. The first-order valence-corrected chi connectivity index (χ1v) is 4.96. The number of allylic oxidation sites excluding steroid dienone is 1. The number of hydrogen-bond acceptors (Lipinski definition) is 3. The minimum Gasteiger partial charge on any atom is -0.482 e. The molecule has 0 bridgehead atoms. The van der Waals surface area contributed by atoms with E-state index in [1.165, 1.54) is 0 Å². The Hall–Kier alpha value is -2.10. The summed E-state index contributed by atoms with van der Waals surface area (Å²) in [6, 6.07) is 5.47. The SMILES string of the molecule is O=CCC=Cc1ccc2c(c1)OCC(=O)N2. The summed E-state index contributed by atoms with van der Waals surface area (Å²) in [5.41, 5.74) is 1.63. The molecule has 4 nitrogen and oxygen atoms in total. The van der Waals surface area contributed by atoms with Gasteiger partial charge in [0.25, 0.3) is 5.91 Å². The van der Waals surface area contributed by atoms with Crippen LogP contribution in [0, 0.1) is 0 Å². The zero-order valence-corrected chi connectivity index (χ0v) is 8.60. The highest BCUT2D eigenvalue weighted by atomic mass is 16.5. The van der Waals surface area contributed by atoms with E-state index >= 15 is 0 Å². The predicted molar refractivity (Wildman–Crippen MR) is 60.3 cm³/mol. The fourth-order valence-corrected chi connectivity index (χ4v) is 1.45. The molecule has 1 aromatic rings. The summed E-state index contributed by atoms with van der Waals surface area (Å²) in [4.78, 5) is 21.2. The van der Waals surface area contributed by atoms with Crippen molar-refractivity contribution >= 4 is 24.0 Å². The highest BCUT2D eigenvalue weighted by Gasteiger charge is 2.15. The van der Waals surface area contributed by atoms with Crippen LogP contribution in [-0.2, 0) is 9.59 Å². The van der Waals surface area contributed by atoms with E-state index in [0.29, 0.717) is 17.9 Å². The van der Waals surface area contributed by atoms with Gasteiger partial charge in [-0.15, -0.1) is 0 Å². The summed E-state index contributed by atoms with van der Waals surface area (Å²) in [5, 5.41) is 2.71. The standard InChI is InChI=1S/C12H11NO3/c14-6-2-1-3-9-4-5-10-11(7-9)16-8-12(15)13-10/h1,3-7H,2,8H2,(H,13,15). The summed E-state index contributed by atoms with van der Waals surface area (Å²) in [7, 11) is 0. The van der Waals surface area contributed by atoms with Crippen LogP contribution in [0.4, 0.5) is 5.69 Å². The molecule has 0 aliphatic carbocycles. The van der Waals surface area contributed by atoms with Crippen molar-refractivity contribution in [2.45, 2.75) is 6.42 Å². The van der Waals surface area contributed by atoms with Gasteiger partial charge in [0, 0.05) is 6.42 Å². The maximum Gasteiger partial charge on any atom is 0.262 e. The Labute approximate surface area is 92.9 Å². The van der Waals surface area contributed by atoms with E-state index in [4.69, 9.17) is 4.74 Å². The van der Waals surface area contributed by atoms with E-state index in [0.717, 1.165) is 11.8 Å². The average molecular weight is 217 g/mol. The molecule has 16 heavy (non-hydrogen) atoms. The van der Waals surface area contributed by atoms with Gasteiger partial charge in [-0.25, -0.2) is 0 Å². The highest BCUT2D eigenvalue weighted by Crippen LogP contribution is 2.28. The largest absolute Gasteiger partial charge is 0.482 e. The normalized spacial score (nSPS) is 14.1. The third kappa shape index (κ3) is 2.28. The number of carbonyl (C=O) groups excluding carboxylic acids is 2. The topological polar surface area (TPSA) is 55.4 Å². The summed E-state index contributed by atoms with van der Waals surface area (Å²) < 4.78 is 5.27. The third-order valence-electron chi connectivity index (χ3n) is 2.18. The van der Waals surface area contributed by atoms with Gasteiger partial charge in [-0.1, -0.05) is 18.2 Å². The number of rotatable bonds is 3. The number of fused-ring (bicyclic) bond motifs is 1. The molecular weight excluding hydrogens is 206 g/mol. The monoisotopic (exact) mass is 217 g/mol. The van der Waals surface area contributed by atoms with E-state index < -0.39 is 0 Å². The van der Waals surface area contributed by atoms with E-state index in [1.807, 2.05) is 18.2 Å². The van der Waals surface area contributed by atoms with Crippen molar-refractivity contribution in [1.82, 2.24) is 0 Å². The second kappa shape index (κ2) is 4.61. The van der Waals surface area contributed by atoms with Crippen molar-refractivity contribution < 1.29 is 14.3 Å². The Bertz CT molecular complexity index is 452. The number of benzene rings is 1. The lowest BCUT2D eigenvalue weighted by Crippen LogP contribution is -2.25. The van der Waals surface area contributed by atoms with E-state index in [2.05, 4.69) is 5.32 Å². The molecule has 0 unspecified atom stereocenters. The zero-order valence-electron chi connectivity index (χ0n) is 8.60. The number of anilines is 1. The Morgan fingerprint density at radius 3 is 3.12 bits per heavy atom. The molecule has 0 saturated heterocycles. The van der Waals surface area contributed by atoms with Crippen molar-refractivity contribution in [3.05, 3.63) is 29.8 Å². The lowest BCUT2D eigenvalue weighted by molar-refractivity contribution is -0.118. The van der Waals surface area contributed by atoms with Crippen LogP contribution in [0.1, 0.15) is 12.0 Å². The Morgan fingerprint density at radius 1 is 1.44 bits per heavy atom. The molecule has 0 radical (unpaired) electrons. The number of carbonyl (C=O) groups is 2. The summed E-state index contributed by atoms with van der Waals surface area (Å²) in [6.07, 6.45) is 4.85. The molecule has 0 fully saturated rings. The fourth-order valence-electron chi connectivity index (χ4n) is 1.45. The summed E-state index contributed by atoms with van der Waals surface area (Å²) >= 11 is 0. The maximum absolute atomic E-state index is 11.0. The molecule has 1 aromatic carbocycles. The third-order valence-corrected chi connectivity index (χ3v) is 2.18. The van der Waals surface area contributed by atoms with Crippen LogP contribution >= 0.6 is 0 Å². The van der Waals surface area contributed by atoms with Gasteiger partial charge in [-0.3, -0.25) is 4.79 Å². The molecule has 1 aliphatic heterocycles. The van der Waals surface area contributed by atoms with E-state index in [1.54, 1.807) is 12.1 Å². The fraction of sp³-hybridized carbons (Fsp3) is 0.167. The van der Waals surface area contributed by atoms with Crippen molar-refractivity contribution in [2.75, 3.05) is 11.9 Å². The van der Waals surface area contributed by atoms with Crippen LogP contribution in [0.5, 0.6) is 5.75 Å². The Kier molecular flexibility index (Phi) is 3.00. The van der Waals surface area contributed by atoms with Crippen LogP contribution < -0.4 is 10.1 Å². The molecule has 1 heterocycles. The predicted octanol–water partition coefficient (Wildman–Crippen LogP) is 1.62. The first-order valence-electron chi connectivity index (χ1n) is 4.96. The molecule has 0 atom stereocenters. The van der Waals surface area contributed by atoms with Gasteiger partial charge in [-0.05, 0) is 17.7 Å². The van der Waals surface area contributed by atoms with Gasteiger partial charge in [0.1, 0.15) is 12.0 Å². The smallest absolute Gasteiger partial charge is 0.262 e. The first-order chi connectivity index (χ1) is 7.79. The van der Waals surface area contributed by atoms with Crippen LogP contribution in [0.3, 0.4) is 0 Å². The molecular formula is C12H11NO3. The molecule has 0 saturated carbocycles. The average Bonchev–Trinajstić information content (AvgIpc) is 2.29. The number of nitrogens with one attached hydrogen (secondary N) is 1. The van der Waals surface area contributed by atoms with Crippen molar-refractivity contribution in [3.63, 3.8) is 0 Å². The van der Waals surface area contributed by atoms with Gasteiger partial charge in [0.2, 0.25) is 0 Å².